The molecule has 2 aromatic carbocycles. The molecule has 2 aromatic rings. The highest BCUT2D eigenvalue weighted by molar-refractivity contribution is 8.26. The molecule has 0 saturated heterocycles. The minimum absolute atomic E-state index is 0.323. The molecule has 0 amide bonds. The van der Waals surface area contributed by atoms with Gasteiger partial charge in [-0.25, -0.2) is 8.70 Å². The van der Waals surface area contributed by atoms with E-state index in [0.717, 1.165) is 18.5 Å². The second kappa shape index (κ2) is 7.84. The van der Waals surface area contributed by atoms with Crippen LogP contribution in [-0.2, 0) is 6.42 Å². The molecule has 7 heteroatoms. The van der Waals surface area contributed by atoms with E-state index in [1.165, 1.54) is 16.4 Å². The van der Waals surface area contributed by atoms with E-state index in [1.807, 2.05) is 19.2 Å². The first-order valence-corrected chi connectivity index (χ1v) is 10.2. The van der Waals surface area contributed by atoms with Gasteiger partial charge in [-0.3, -0.25) is 9.11 Å². The van der Waals surface area contributed by atoms with Crippen LogP contribution in [0.2, 0.25) is 0 Å². The normalized spacial score (nSPS) is 19.7. The molecule has 3 rings (SSSR count). The highest BCUT2D eigenvalue weighted by atomic mass is 32.3. The van der Waals surface area contributed by atoms with Gasteiger partial charge in [0.1, 0.15) is 17.3 Å². The van der Waals surface area contributed by atoms with E-state index >= 15 is 0 Å². The van der Waals surface area contributed by atoms with Crippen molar-refractivity contribution >= 4 is 22.2 Å². The Labute approximate surface area is 155 Å². The Balaban J connectivity index is 2.10. The molecule has 1 unspecified atom stereocenters. The second-order valence-electron chi connectivity index (χ2n) is 6.37. The van der Waals surface area contributed by atoms with Crippen LogP contribution in [0.15, 0.2) is 42.5 Å². The molecule has 142 valence electrons. The van der Waals surface area contributed by atoms with Crippen LogP contribution in [0.25, 0.3) is 0 Å². The lowest BCUT2D eigenvalue weighted by molar-refractivity contribution is 0.414. The zero-order valence-electron chi connectivity index (χ0n) is 15.0. The second-order valence-corrected chi connectivity index (χ2v) is 8.53. The quantitative estimate of drug-likeness (QED) is 0.641. The summed E-state index contributed by atoms with van der Waals surface area (Å²) in [6.45, 7) is 0.788. The van der Waals surface area contributed by atoms with E-state index < -0.39 is 10.8 Å². The molecule has 0 aliphatic carbocycles. The number of ether oxygens (including phenoxy) is 1. The Hall–Kier alpha value is -1.80. The molecule has 0 radical (unpaired) electrons. The topological polar surface area (TPSA) is 65.0 Å². The molecule has 3 N–H and O–H groups in total. The van der Waals surface area contributed by atoms with Crippen LogP contribution in [0.5, 0.6) is 5.75 Å². The molecule has 1 heterocycles. The molecule has 1 aliphatic heterocycles. The van der Waals surface area contributed by atoms with Crippen LogP contribution in [0.4, 0.5) is 15.8 Å². The molecule has 0 bridgehead atoms. The van der Waals surface area contributed by atoms with E-state index in [1.54, 1.807) is 25.3 Å². The number of benzene rings is 2. The third-order valence-corrected chi connectivity index (χ3v) is 6.91. The Morgan fingerprint density at radius 2 is 2.00 bits per heavy atom. The fourth-order valence-corrected chi connectivity index (χ4v) is 5.50. The molecular formula is C19H25FN2O3S. The van der Waals surface area contributed by atoms with Gasteiger partial charge in [-0.1, -0.05) is 12.1 Å². The first-order valence-electron chi connectivity index (χ1n) is 8.62. The number of halogens is 1. The van der Waals surface area contributed by atoms with Crippen molar-refractivity contribution in [1.29, 1.82) is 0 Å². The fourth-order valence-electron chi connectivity index (χ4n) is 3.41. The summed E-state index contributed by atoms with van der Waals surface area (Å²) in [5, 5.41) is 2.70. The summed E-state index contributed by atoms with van der Waals surface area (Å²) in [7, 11) is 0.258. The van der Waals surface area contributed by atoms with Gasteiger partial charge in [0.2, 0.25) is 0 Å². The SMILES string of the molecule is CNCCCC1Cc2cc(F)ccc2N(c2ccccc2OC)S1(O)O. The maximum Gasteiger partial charge on any atom is 0.144 e. The first kappa shape index (κ1) is 19.0. The fraction of sp³-hybridized carbons (Fsp3) is 0.368. The predicted molar refractivity (Wildman–Crippen MR) is 105 cm³/mol. The molecule has 5 nitrogen and oxygen atoms in total. The van der Waals surface area contributed by atoms with Gasteiger partial charge < -0.3 is 10.1 Å². The van der Waals surface area contributed by atoms with Gasteiger partial charge >= 0.3 is 0 Å². The van der Waals surface area contributed by atoms with Gasteiger partial charge in [0.25, 0.3) is 0 Å². The van der Waals surface area contributed by atoms with Gasteiger partial charge in [0, 0.05) is 0 Å². The zero-order valence-corrected chi connectivity index (χ0v) is 15.8. The van der Waals surface area contributed by atoms with Gasteiger partial charge in [-0.2, -0.15) is 0 Å². The average molecular weight is 380 g/mol. The van der Waals surface area contributed by atoms with E-state index in [2.05, 4.69) is 5.32 Å². The molecule has 0 aromatic heterocycles. The van der Waals surface area contributed by atoms with Gasteiger partial charge in [0.15, 0.2) is 0 Å². The first-order chi connectivity index (χ1) is 12.5. The van der Waals surface area contributed by atoms with E-state index in [0.29, 0.717) is 30.0 Å². The molecule has 0 saturated carbocycles. The van der Waals surface area contributed by atoms with Crippen molar-refractivity contribution in [2.75, 3.05) is 25.0 Å². The molecule has 0 spiro atoms. The van der Waals surface area contributed by atoms with Crippen LogP contribution < -0.4 is 14.4 Å². The van der Waals surface area contributed by atoms with E-state index in [4.69, 9.17) is 4.74 Å². The van der Waals surface area contributed by atoms with Crippen molar-refractivity contribution in [1.82, 2.24) is 5.32 Å². The number of anilines is 2. The number of para-hydroxylation sites is 2. The number of hydrogen-bond acceptors (Lipinski definition) is 5. The number of nitrogens with one attached hydrogen (secondary N) is 1. The third kappa shape index (κ3) is 3.53. The highest BCUT2D eigenvalue weighted by Crippen LogP contribution is 2.62. The van der Waals surface area contributed by atoms with Crippen molar-refractivity contribution in [3.05, 3.63) is 53.8 Å². The summed E-state index contributed by atoms with van der Waals surface area (Å²) in [6, 6.07) is 11.6. The summed E-state index contributed by atoms with van der Waals surface area (Å²) < 4.78 is 43.1. The van der Waals surface area contributed by atoms with Crippen molar-refractivity contribution < 1.29 is 18.2 Å². The minimum Gasteiger partial charge on any atom is -0.495 e. The number of nitrogens with zero attached hydrogens (tertiary/aromatic N) is 1. The van der Waals surface area contributed by atoms with E-state index in [9.17, 15) is 13.5 Å². The number of rotatable bonds is 6. The van der Waals surface area contributed by atoms with Crippen LogP contribution in [-0.4, -0.2) is 35.1 Å². The molecular weight excluding hydrogens is 355 g/mol. The monoisotopic (exact) mass is 380 g/mol. The maximum absolute atomic E-state index is 13.8. The molecule has 1 atom stereocenters. The molecule has 1 aliphatic rings. The molecule has 26 heavy (non-hydrogen) atoms. The number of fused-ring (bicyclic) bond motifs is 1. The lowest BCUT2D eigenvalue weighted by atomic mass is 10.0. The third-order valence-electron chi connectivity index (χ3n) is 4.68. The lowest BCUT2D eigenvalue weighted by Gasteiger charge is -2.53. The Morgan fingerprint density at radius 1 is 1.23 bits per heavy atom. The van der Waals surface area contributed by atoms with Crippen LogP contribution >= 0.6 is 10.8 Å². The predicted octanol–water partition coefficient (Wildman–Crippen LogP) is 4.56. The summed E-state index contributed by atoms with van der Waals surface area (Å²) in [5.74, 6) is 0.217. The number of methoxy groups -OCH3 is 1. The van der Waals surface area contributed by atoms with E-state index in [-0.39, 0.29) is 11.1 Å². The van der Waals surface area contributed by atoms with Gasteiger partial charge in [0.05, 0.1) is 18.0 Å². The smallest absolute Gasteiger partial charge is 0.144 e. The molecule has 0 fully saturated rings. The Bertz CT molecular complexity index is 772. The van der Waals surface area contributed by atoms with Gasteiger partial charge in [-0.05, 0) is 68.8 Å². The summed E-state index contributed by atoms with van der Waals surface area (Å²) in [5.41, 5.74) is 1.96. The van der Waals surface area contributed by atoms with Crippen LogP contribution in [0.3, 0.4) is 0 Å². The summed E-state index contributed by atoms with van der Waals surface area (Å²) in [4.78, 5) is 0. The zero-order chi connectivity index (χ0) is 18.7. The summed E-state index contributed by atoms with van der Waals surface area (Å²) in [6.07, 6.45) is 1.87. The van der Waals surface area contributed by atoms with Crippen LogP contribution in [0, 0.1) is 5.82 Å². The maximum atomic E-state index is 13.8. The van der Waals surface area contributed by atoms with Crippen molar-refractivity contribution in [2.24, 2.45) is 0 Å². The standard InChI is InChI=1S/C19H25FN2O3S/c1-21-11-5-6-16-13-14-12-15(20)9-10-17(14)22(26(16,23)24)18-7-3-4-8-19(18)25-2/h3-4,7-10,12,16,21,23-24H,5-6,11,13H2,1-2H3. The lowest BCUT2D eigenvalue weighted by Crippen LogP contribution is -2.38. The van der Waals surface area contributed by atoms with Crippen molar-refractivity contribution in [2.45, 2.75) is 24.5 Å². The Kier molecular flexibility index (Phi) is 5.72. The minimum atomic E-state index is -3.15. The van der Waals surface area contributed by atoms with Gasteiger partial charge in [-0.15, -0.1) is 10.8 Å². The highest BCUT2D eigenvalue weighted by Gasteiger charge is 2.40. The van der Waals surface area contributed by atoms with Crippen molar-refractivity contribution in [3.8, 4) is 5.75 Å². The van der Waals surface area contributed by atoms with Crippen molar-refractivity contribution in [3.63, 3.8) is 0 Å². The number of hydrogen-bond donors (Lipinski definition) is 3. The summed E-state index contributed by atoms with van der Waals surface area (Å²) >= 11 is 0. The van der Waals surface area contributed by atoms with Crippen LogP contribution in [0.1, 0.15) is 18.4 Å². The Morgan fingerprint density at radius 3 is 2.73 bits per heavy atom. The largest absolute Gasteiger partial charge is 0.495 e. The average Bonchev–Trinajstić information content (AvgIpc) is 2.62.